The van der Waals surface area contributed by atoms with Crippen molar-refractivity contribution >= 4 is 16.8 Å². The first-order valence-electron chi connectivity index (χ1n) is 6.72. The molecule has 3 heterocycles. The number of rotatable bonds is 1. The third-order valence-electron chi connectivity index (χ3n) is 4.60. The van der Waals surface area contributed by atoms with Crippen molar-refractivity contribution in [3.8, 4) is 0 Å². The van der Waals surface area contributed by atoms with Crippen molar-refractivity contribution in [3.05, 3.63) is 35.3 Å². The number of amides is 1. The van der Waals surface area contributed by atoms with Crippen molar-refractivity contribution in [2.75, 3.05) is 6.54 Å². The van der Waals surface area contributed by atoms with Crippen LogP contribution in [0, 0.1) is 18.7 Å². The number of aryl methyl sites for hydroxylation is 1. The van der Waals surface area contributed by atoms with Crippen LogP contribution in [0.15, 0.2) is 18.2 Å². The van der Waals surface area contributed by atoms with Gasteiger partial charge in [0.2, 0.25) is 0 Å². The molecule has 4 heteroatoms. The van der Waals surface area contributed by atoms with Gasteiger partial charge in [-0.25, -0.2) is 4.39 Å². The Morgan fingerprint density at radius 3 is 2.89 bits per heavy atom. The first-order valence-corrected chi connectivity index (χ1v) is 6.72. The monoisotopic (exact) mass is 258 g/mol. The van der Waals surface area contributed by atoms with E-state index in [1.54, 1.807) is 6.07 Å². The van der Waals surface area contributed by atoms with Gasteiger partial charge < -0.3 is 9.88 Å². The lowest BCUT2D eigenvalue weighted by Crippen LogP contribution is -2.34. The van der Waals surface area contributed by atoms with E-state index in [2.05, 4.69) is 4.98 Å². The first-order chi connectivity index (χ1) is 9.13. The number of aromatic amines is 1. The molecule has 0 unspecified atom stereocenters. The molecule has 1 aromatic heterocycles. The summed E-state index contributed by atoms with van der Waals surface area (Å²) >= 11 is 0. The van der Waals surface area contributed by atoms with Gasteiger partial charge in [0.25, 0.3) is 5.91 Å². The molecule has 2 bridgehead atoms. The predicted molar refractivity (Wildman–Crippen MR) is 70.5 cm³/mol. The number of fused-ring (bicyclic) bond motifs is 2. The molecule has 1 amide bonds. The van der Waals surface area contributed by atoms with E-state index in [4.69, 9.17) is 0 Å². The van der Waals surface area contributed by atoms with E-state index in [0.717, 1.165) is 30.3 Å². The van der Waals surface area contributed by atoms with Crippen molar-refractivity contribution < 1.29 is 9.18 Å². The molecule has 1 aromatic carbocycles. The average molecular weight is 258 g/mol. The lowest BCUT2D eigenvalue weighted by atomic mass is 9.86. The van der Waals surface area contributed by atoms with Gasteiger partial charge in [0.1, 0.15) is 11.5 Å². The number of halogens is 1. The van der Waals surface area contributed by atoms with E-state index in [1.165, 1.54) is 12.1 Å². The van der Waals surface area contributed by atoms with E-state index in [-0.39, 0.29) is 11.7 Å². The van der Waals surface area contributed by atoms with Crippen molar-refractivity contribution in [3.63, 3.8) is 0 Å². The molecule has 2 aromatic rings. The van der Waals surface area contributed by atoms with Crippen LogP contribution in [0.2, 0.25) is 0 Å². The summed E-state index contributed by atoms with van der Waals surface area (Å²) in [5, 5.41) is 0.927. The highest BCUT2D eigenvalue weighted by atomic mass is 19.1. The summed E-state index contributed by atoms with van der Waals surface area (Å²) in [5.74, 6) is 0.492. The van der Waals surface area contributed by atoms with Gasteiger partial charge in [-0.05, 0) is 49.4 Å². The minimum absolute atomic E-state index is 0.0686. The standard InChI is InChI=1S/C15H15FN2O/c1-8-12-3-2-10(16)6-13(12)17-14(8)15(19)18-7-9-4-11(18)5-9/h2-3,6,9,11,17H,4-5,7H2,1H3. The Balaban J connectivity index is 1.78. The van der Waals surface area contributed by atoms with Crippen molar-refractivity contribution in [1.29, 1.82) is 0 Å². The first kappa shape index (κ1) is 11.0. The Kier molecular flexibility index (Phi) is 2.08. The van der Waals surface area contributed by atoms with E-state index in [1.807, 2.05) is 11.8 Å². The van der Waals surface area contributed by atoms with E-state index in [0.29, 0.717) is 23.2 Å². The molecule has 3 nitrogen and oxygen atoms in total. The maximum atomic E-state index is 13.2. The molecule has 2 aliphatic heterocycles. The van der Waals surface area contributed by atoms with Crippen LogP contribution in [0.1, 0.15) is 28.9 Å². The number of carbonyl (C=O) groups excluding carboxylic acids is 1. The summed E-state index contributed by atoms with van der Waals surface area (Å²) in [4.78, 5) is 17.6. The van der Waals surface area contributed by atoms with Crippen molar-refractivity contribution in [1.82, 2.24) is 9.88 Å². The van der Waals surface area contributed by atoms with Gasteiger partial charge in [-0.3, -0.25) is 4.79 Å². The van der Waals surface area contributed by atoms with Gasteiger partial charge in [-0.15, -0.1) is 0 Å². The number of nitrogens with one attached hydrogen (secondary N) is 1. The Morgan fingerprint density at radius 2 is 2.21 bits per heavy atom. The summed E-state index contributed by atoms with van der Waals surface area (Å²) in [5.41, 5.74) is 2.24. The number of hydrogen-bond donors (Lipinski definition) is 1. The summed E-state index contributed by atoms with van der Waals surface area (Å²) in [6, 6.07) is 5.05. The van der Waals surface area contributed by atoms with Gasteiger partial charge in [-0.2, -0.15) is 0 Å². The van der Waals surface area contributed by atoms with Gasteiger partial charge in [-0.1, -0.05) is 0 Å². The molecule has 1 saturated carbocycles. The van der Waals surface area contributed by atoms with Gasteiger partial charge in [0.05, 0.1) is 0 Å². The number of benzene rings is 1. The van der Waals surface area contributed by atoms with Crippen LogP contribution in [-0.2, 0) is 0 Å². The zero-order valence-corrected chi connectivity index (χ0v) is 10.7. The third kappa shape index (κ3) is 1.46. The summed E-state index contributed by atoms with van der Waals surface area (Å²) in [6.07, 6.45) is 2.30. The molecule has 98 valence electrons. The molecule has 5 rings (SSSR count). The zero-order chi connectivity index (χ0) is 13.1. The van der Waals surface area contributed by atoms with Crippen LogP contribution < -0.4 is 0 Å². The highest BCUT2D eigenvalue weighted by molar-refractivity contribution is 6.01. The maximum Gasteiger partial charge on any atom is 0.270 e. The molecule has 0 spiro atoms. The number of aromatic nitrogens is 1. The van der Waals surface area contributed by atoms with Crippen LogP contribution in [0.25, 0.3) is 10.9 Å². The molecule has 3 fully saturated rings. The van der Waals surface area contributed by atoms with Crippen molar-refractivity contribution in [2.24, 2.45) is 5.92 Å². The summed E-state index contributed by atoms with van der Waals surface area (Å²) in [6.45, 7) is 2.80. The Labute approximate surface area is 110 Å². The molecule has 19 heavy (non-hydrogen) atoms. The molecule has 0 atom stereocenters. The van der Waals surface area contributed by atoms with Crippen LogP contribution in [0.4, 0.5) is 4.39 Å². The topological polar surface area (TPSA) is 36.1 Å². The van der Waals surface area contributed by atoms with Crippen LogP contribution in [-0.4, -0.2) is 28.4 Å². The molecular weight excluding hydrogens is 243 g/mol. The van der Waals surface area contributed by atoms with E-state index < -0.39 is 0 Å². The number of carbonyl (C=O) groups is 1. The van der Waals surface area contributed by atoms with Crippen LogP contribution in [0.3, 0.4) is 0 Å². The molecule has 3 aliphatic rings. The van der Waals surface area contributed by atoms with E-state index >= 15 is 0 Å². The lowest BCUT2D eigenvalue weighted by molar-refractivity contribution is 0.0745. The number of hydrogen-bond acceptors (Lipinski definition) is 1. The molecule has 1 N–H and O–H groups in total. The highest BCUT2D eigenvalue weighted by Crippen LogP contribution is 2.41. The highest BCUT2D eigenvalue weighted by Gasteiger charge is 2.45. The predicted octanol–water partition coefficient (Wildman–Crippen LogP) is 2.85. The fourth-order valence-corrected chi connectivity index (χ4v) is 3.45. The van der Waals surface area contributed by atoms with Crippen molar-refractivity contribution in [2.45, 2.75) is 25.8 Å². The minimum Gasteiger partial charge on any atom is -0.350 e. The van der Waals surface area contributed by atoms with Crippen LogP contribution in [0.5, 0.6) is 0 Å². The molecule has 0 radical (unpaired) electrons. The quantitative estimate of drug-likeness (QED) is 0.839. The second-order valence-electron chi connectivity index (χ2n) is 5.76. The van der Waals surface area contributed by atoms with E-state index in [9.17, 15) is 9.18 Å². The summed E-state index contributed by atoms with van der Waals surface area (Å²) < 4.78 is 13.2. The normalized spacial score (nSPS) is 24.8. The number of nitrogens with zero attached hydrogens (tertiary/aromatic N) is 1. The largest absolute Gasteiger partial charge is 0.350 e. The molecule has 1 aliphatic carbocycles. The smallest absolute Gasteiger partial charge is 0.270 e. The fourth-order valence-electron chi connectivity index (χ4n) is 3.45. The van der Waals surface area contributed by atoms with Gasteiger partial charge in [0.15, 0.2) is 0 Å². The van der Waals surface area contributed by atoms with Gasteiger partial charge in [0, 0.05) is 23.5 Å². The summed E-state index contributed by atoms with van der Waals surface area (Å²) in [7, 11) is 0. The zero-order valence-electron chi connectivity index (χ0n) is 10.7. The lowest BCUT2D eigenvalue weighted by Gasteiger charge is -2.25. The second kappa shape index (κ2) is 3.59. The Hall–Kier alpha value is -1.84. The molecular formula is C15H15FN2O. The second-order valence-corrected chi connectivity index (χ2v) is 5.76. The SMILES string of the molecule is Cc1c(C(=O)N2CC3CC2C3)[nH]c2cc(F)ccc12. The Morgan fingerprint density at radius 1 is 1.42 bits per heavy atom. The average Bonchev–Trinajstić information content (AvgIpc) is 3.00. The third-order valence-corrected chi connectivity index (χ3v) is 4.60. The van der Waals surface area contributed by atoms with Crippen LogP contribution >= 0.6 is 0 Å². The maximum absolute atomic E-state index is 13.2. The number of H-pyrrole nitrogens is 1. The Bertz CT molecular complexity index is 685. The minimum atomic E-state index is -0.281. The fraction of sp³-hybridized carbons (Fsp3) is 0.400. The molecule has 2 saturated heterocycles. The van der Waals surface area contributed by atoms with Gasteiger partial charge >= 0.3 is 0 Å².